The third-order valence-corrected chi connectivity index (χ3v) is 3.29. The molecule has 100 valence electrons. The van der Waals surface area contributed by atoms with Crippen LogP contribution >= 0.6 is 11.6 Å². The lowest BCUT2D eigenvalue weighted by Crippen LogP contribution is -2.42. The van der Waals surface area contributed by atoms with Crippen LogP contribution in [0.1, 0.15) is 18.5 Å². The minimum absolute atomic E-state index is 0.0517. The Kier molecular flexibility index (Phi) is 3.94. The van der Waals surface area contributed by atoms with Gasteiger partial charge < -0.3 is 4.90 Å². The molecule has 7 heteroatoms. The number of hydrogen-bond acceptors (Lipinski definition) is 3. The summed E-state index contributed by atoms with van der Waals surface area (Å²) in [6.45, 7) is 0.525. The number of aromatic nitrogens is 2. The summed E-state index contributed by atoms with van der Waals surface area (Å²) >= 11 is 5.64. The molecular formula is C11H13ClF3N3. The van der Waals surface area contributed by atoms with Crippen LogP contribution in [0, 0.1) is 5.92 Å². The summed E-state index contributed by atoms with van der Waals surface area (Å²) in [6, 6.07) is 0. The lowest BCUT2D eigenvalue weighted by atomic mass is 9.97. The van der Waals surface area contributed by atoms with Gasteiger partial charge in [0.15, 0.2) is 0 Å². The third-order valence-electron chi connectivity index (χ3n) is 3.02. The first-order valence-corrected chi connectivity index (χ1v) is 6.22. The van der Waals surface area contributed by atoms with Crippen LogP contribution in [0.5, 0.6) is 0 Å². The molecule has 1 fully saturated rings. The fourth-order valence-electron chi connectivity index (χ4n) is 2.06. The highest BCUT2D eigenvalue weighted by Crippen LogP contribution is 2.34. The van der Waals surface area contributed by atoms with E-state index in [1.165, 1.54) is 12.4 Å². The molecule has 3 nitrogen and oxygen atoms in total. The van der Waals surface area contributed by atoms with Crippen molar-refractivity contribution in [1.29, 1.82) is 0 Å². The minimum Gasteiger partial charge on any atom is -0.355 e. The number of nitrogens with zero attached hydrogens (tertiary/aromatic N) is 3. The Morgan fingerprint density at radius 1 is 1.39 bits per heavy atom. The zero-order chi connectivity index (χ0) is 13.2. The third kappa shape index (κ3) is 3.04. The normalized spacial score (nSPS) is 21.1. The van der Waals surface area contributed by atoms with Gasteiger partial charge in [-0.25, -0.2) is 4.98 Å². The minimum atomic E-state index is -4.14. The van der Waals surface area contributed by atoms with Crippen LogP contribution < -0.4 is 4.90 Å². The van der Waals surface area contributed by atoms with Crippen molar-refractivity contribution in [3.63, 3.8) is 0 Å². The van der Waals surface area contributed by atoms with E-state index < -0.39 is 12.1 Å². The maximum Gasteiger partial charge on any atom is 0.393 e. The standard InChI is InChI=1S/C11H13ClF3N3/c12-4-9-5-16-6-10(17-9)18-3-1-2-8(7-18)11(13,14)15/h5-6,8H,1-4,7H2. The predicted molar refractivity (Wildman–Crippen MR) is 62.6 cm³/mol. The molecule has 18 heavy (non-hydrogen) atoms. The maximum atomic E-state index is 12.7. The number of halogens is 4. The van der Waals surface area contributed by atoms with Crippen molar-refractivity contribution in [1.82, 2.24) is 9.97 Å². The smallest absolute Gasteiger partial charge is 0.355 e. The van der Waals surface area contributed by atoms with Crippen LogP contribution in [0.15, 0.2) is 12.4 Å². The van der Waals surface area contributed by atoms with E-state index in [1.54, 1.807) is 4.90 Å². The van der Waals surface area contributed by atoms with Crippen LogP contribution in [0.3, 0.4) is 0 Å². The molecule has 1 atom stereocenters. The summed E-state index contributed by atoms with van der Waals surface area (Å²) in [7, 11) is 0. The lowest BCUT2D eigenvalue weighted by molar-refractivity contribution is -0.176. The van der Waals surface area contributed by atoms with Gasteiger partial charge in [0.25, 0.3) is 0 Å². The second-order valence-electron chi connectivity index (χ2n) is 4.33. The van der Waals surface area contributed by atoms with E-state index in [2.05, 4.69) is 9.97 Å². The summed E-state index contributed by atoms with van der Waals surface area (Å²) < 4.78 is 38.1. The van der Waals surface area contributed by atoms with Crippen LogP contribution in [-0.2, 0) is 5.88 Å². The van der Waals surface area contributed by atoms with E-state index in [0.29, 0.717) is 24.5 Å². The number of hydrogen-bond donors (Lipinski definition) is 0. The van der Waals surface area contributed by atoms with Crippen molar-refractivity contribution < 1.29 is 13.2 Å². The van der Waals surface area contributed by atoms with Crippen LogP contribution in [0.25, 0.3) is 0 Å². The second-order valence-corrected chi connectivity index (χ2v) is 4.60. The zero-order valence-electron chi connectivity index (χ0n) is 9.62. The van der Waals surface area contributed by atoms with E-state index in [1.807, 2.05) is 0 Å². The van der Waals surface area contributed by atoms with Gasteiger partial charge in [-0.15, -0.1) is 11.6 Å². The molecule has 2 heterocycles. The molecule has 0 aliphatic carbocycles. The molecule has 1 unspecified atom stereocenters. The molecule has 0 aromatic carbocycles. The molecule has 1 aromatic heterocycles. The molecule has 1 saturated heterocycles. The fraction of sp³-hybridized carbons (Fsp3) is 0.636. The zero-order valence-corrected chi connectivity index (χ0v) is 10.4. The van der Waals surface area contributed by atoms with E-state index in [4.69, 9.17) is 11.6 Å². The molecule has 0 radical (unpaired) electrons. The summed E-state index contributed by atoms with van der Waals surface area (Å²) in [4.78, 5) is 9.77. The first-order chi connectivity index (χ1) is 8.50. The quantitative estimate of drug-likeness (QED) is 0.779. The molecule has 0 spiro atoms. The van der Waals surface area contributed by atoms with Crippen LogP contribution in [0.2, 0.25) is 0 Å². The highest BCUT2D eigenvalue weighted by Gasteiger charge is 2.42. The Hall–Kier alpha value is -1.04. The van der Waals surface area contributed by atoms with Gasteiger partial charge in [0.1, 0.15) is 5.82 Å². The van der Waals surface area contributed by atoms with Gasteiger partial charge in [0.05, 0.1) is 23.7 Å². The Balaban J connectivity index is 2.13. The number of piperidine rings is 1. The molecule has 0 bridgehead atoms. The number of rotatable bonds is 2. The number of anilines is 1. The maximum absolute atomic E-state index is 12.7. The topological polar surface area (TPSA) is 29.0 Å². The first-order valence-electron chi connectivity index (χ1n) is 5.69. The van der Waals surface area contributed by atoms with Crippen molar-refractivity contribution in [2.24, 2.45) is 5.92 Å². The van der Waals surface area contributed by atoms with Gasteiger partial charge in [-0.05, 0) is 12.8 Å². The van der Waals surface area contributed by atoms with Gasteiger partial charge in [-0.1, -0.05) is 0 Å². The fourth-order valence-corrected chi connectivity index (χ4v) is 2.19. The van der Waals surface area contributed by atoms with Crippen molar-refractivity contribution in [3.05, 3.63) is 18.1 Å². The van der Waals surface area contributed by atoms with Crippen molar-refractivity contribution in [3.8, 4) is 0 Å². The molecule has 1 aromatic rings. The van der Waals surface area contributed by atoms with Gasteiger partial charge in [0, 0.05) is 19.3 Å². The SMILES string of the molecule is FC(F)(F)C1CCCN(c2cncc(CCl)n2)C1. The molecule has 1 aliphatic heterocycles. The van der Waals surface area contributed by atoms with E-state index in [0.717, 1.165) is 0 Å². The number of alkyl halides is 4. The largest absolute Gasteiger partial charge is 0.393 e. The summed E-state index contributed by atoms with van der Waals surface area (Å²) in [5.41, 5.74) is 0.572. The van der Waals surface area contributed by atoms with E-state index in [-0.39, 0.29) is 18.8 Å². The average molecular weight is 280 g/mol. The van der Waals surface area contributed by atoms with Crippen molar-refractivity contribution in [2.45, 2.75) is 24.9 Å². The molecule has 0 N–H and O–H groups in total. The van der Waals surface area contributed by atoms with Crippen LogP contribution in [-0.4, -0.2) is 29.2 Å². The monoisotopic (exact) mass is 279 g/mol. The average Bonchev–Trinajstić information content (AvgIpc) is 2.38. The molecule has 2 rings (SSSR count). The Morgan fingerprint density at radius 2 is 2.17 bits per heavy atom. The molecular weight excluding hydrogens is 267 g/mol. The second kappa shape index (κ2) is 5.30. The molecule has 0 saturated carbocycles. The highest BCUT2D eigenvalue weighted by atomic mass is 35.5. The van der Waals surface area contributed by atoms with Crippen LogP contribution in [0.4, 0.5) is 19.0 Å². The summed E-state index contributed by atoms with van der Waals surface area (Å²) in [5, 5.41) is 0. The Labute approximate surface area is 108 Å². The lowest BCUT2D eigenvalue weighted by Gasteiger charge is -2.34. The van der Waals surface area contributed by atoms with Gasteiger partial charge >= 0.3 is 6.18 Å². The Bertz CT molecular complexity index is 411. The predicted octanol–water partition coefficient (Wildman–Crippen LogP) is 2.99. The van der Waals surface area contributed by atoms with E-state index in [9.17, 15) is 13.2 Å². The van der Waals surface area contributed by atoms with Gasteiger partial charge in [-0.3, -0.25) is 4.98 Å². The first kappa shape index (κ1) is 13.4. The van der Waals surface area contributed by atoms with Gasteiger partial charge in [0.2, 0.25) is 0 Å². The van der Waals surface area contributed by atoms with E-state index >= 15 is 0 Å². The summed E-state index contributed by atoms with van der Waals surface area (Å²) in [6.07, 6.45) is -0.452. The highest BCUT2D eigenvalue weighted by molar-refractivity contribution is 6.16. The van der Waals surface area contributed by atoms with Crippen molar-refractivity contribution in [2.75, 3.05) is 18.0 Å². The van der Waals surface area contributed by atoms with Crippen molar-refractivity contribution >= 4 is 17.4 Å². The molecule has 0 amide bonds. The molecule has 1 aliphatic rings. The van der Waals surface area contributed by atoms with Gasteiger partial charge in [-0.2, -0.15) is 13.2 Å². The summed E-state index contributed by atoms with van der Waals surface area (Å²) in [5.74, 6) is -0.605. The Morgan fingerprint density at radius 3 is 2.83 bits per heavy atom.